The van der Waals surface area contributed by atoms with Gasteiger partial charge in [-0.1, -0.05) is 23.2 Å². The molecule has 88 valence electrons. The molecule has 0 aliphatic heterocycles. The molecule has 0 saturated carbocycles. The van der Waals surface area contributed by atoms with E-state index in [-0.39, 0.29) is 0 Å². The second-order valence-corrected chi connectivity index (χ2v) is 4.02. The van der Waals surface area contributed by atoms with Gasteiger partial charge in [-0.25, -0.2) is 4.79 Å². The van der Waals surface area contributed by atoms with Gasteiger partial charge < -0.3 is 9.73 Å². The average Bonchev–Trinajstić information content (AvgIpc) is 2.75. The number of anilines is 2. The lowest BCUT2D eigenvalue weighted by Gasteiger charge is -2.07. The van der Waals surface area contributed by atoms with E-state index in [0.29, 0.717) is 21.6 Å². The van der Waals surface area contributed by atoms with Crippen molar-refractivity contribution in [1.82, 2.24) is 0 Å². The van der Waals surface area contributed by atoms with Crippen molar-refractivity contribution in [3.8, 4) is 0 Å². The second kappa shape index (κ2) is 5.12. The average molecular weight is 271 g/mol. The number of hydrogen-bond donors (Lipinski definition) is 2. The van der Waals surface area contributed by atoms with Crippen LogP contribution in [0.1, 0.15) is 0 Å². The summed E-state index contributed by atoms with van der Waals surface area (Å²) in [6.45, 7) is 0. The number of carbonyl (C=O) groups excluding carboxylic acids is 1. The minimum atomic E-state index is -0.441. The van der Waals surface area contributed by atoms with Gasteiger partial charge in [-0.05, 0) is 24.3 Å². The summed E-state index contributed by atoms with van der Waals surface area (Å²) in [4.78, 5) is 11.5. The van der Waals surface area contributed by atoms with Gasteiger partial charge in [-0.3, -0.25) is 5.32 Å². The summed E-state index contributed by atoms with van der Waals surface area (Å²) in [5.41, 5.74) is 0.472. The van der Waals surface area contributed by atoms with Crippen molar-refractivity contribution in [1.29, 1.82) is 0 Å². The predicted octanol–water partition coefficient (Wildman–Crippen LogP) is 4.23. The molecule has 0 aliphatic carbocycles. The highest BCUT2D eigenvalue weighted by Crippen LogP contribution is 2.25. The number of rotatable bonds is 2. The van der Waals surface area contributed by atoms with Crippen LogP contribution in [0, 0.1) is 0 Å². The topological polar surface area (TPSA) is 54.3 Å². The van der Waals surface area contributed by atoms with Gasteiger partial charge in [0.15, 0.2) is 0 Å². The highest BCUT2D eigenvalue weighted by atomic mass is 35.5. The Balaban J connectivity index is 2.03. The predicted molar refractivity (Wildman–Crippen MR) is 67.8 cm³/mol. The third-order valence-corrected chi connectivity index (χ3v) is 2.49. The quantitative estimate of drug-likeness (QED) is 0.858. The zero-order chi connectivity index (χ0) is 12.3. The van der Waals surface area contributed by atoms with Crippen LogP contribution in [-0.2, 0) is 0 Å². The number of halogens is 2. The third-order valence-electron chi connectivity index (χ3n) is 1.94. The summed E-state index contributed by atoms with van der Waals surface area (Å²) >= 11 is 11.6. The number of furan rings is 1. The summed E-state index contributed by atoms with van der Waals surface area (Å²) in [5, 5.41) is 5.95. The van der Waals surface area contributed by atoms with Gasteiger partial charge in [-0.2, -0.15) is 0 Å². The first-order chi connectivity index (χ1) is 8.15. The highest BCUT2D eigenvalue weighted by Gasteiger charge is 2.07. The molecule has 0 radical (unpaired) electrons. The molecule has 0 spiro atoms. The molecule has 2 N–H and O–H groups in total. The van der Waals surface area contributed by atoms with Crippen LogP contribution in [0.2, 0.25) is 10.0 Å². The maximum atomic E-state index is 11.5. The van der Waals surface area contributed by atoms with Crippen LogP contribution in [0.15, 0.2) is 41.0 Å². The molecule has 1 aromatic heterocycles. The van der Waals surface area contributed by atoms with Gasteiger partial charge in [0.25, 0.3) is 0 Å². The van der Waals surface area contributed by atoms with Crippen molar-refractivity contribution in [2.45, 2.75) is 0 Å². The van der Waals surface area contributed by atoms with E-state index < -0.39 is 6.03 Å². The van der Waals surface area contributed by atoms with Gasteiger partial charge >= 0.3 is 6.03 Å². The summed E-state index contributed by atoms with van der Waals surface area (Å²) in [5.74, 6) is 0.354. The lowest BCUT2D eigenvalue weighted by Crippen LogP contribution is -2.19. The summed E-state index contributed by atoms with van der Waals surface area (Å²) in [6.07, 6.45) is 1.46. The van der Waals surface area contributed by atoms with Crippen LogP contribution in [0.25, 0.3) is 0 Å². The number of amides is 2. The van der Waals surface area contributed by atoms with E-state index >= 15 is 0 Å². The van der Waals surface area contributed by atoms with E-state index in [0.717, 1.165) is 0 Å². The Labute approximate surface area is 108 Å². The zero-order valence-electron chi connectivity index (χ0n) is 8.54. The van der Waals surface area contributed by atoms with Gasteiger partial charge in [0.05, 0.1) is 17.0 Å². The Morgan fingerprint density at radius 2 is 2.00 bits per heavy atom. The molecule has 1 aromatic carbocycles. The fourth-order valence-corrected chi connectivity index (χ4v) is 1.66. The molecule has 0 unspecified atom stereocenters. The van der Waals surface area contributed by atoms with Crippen molar-refractivity contribution >= 4 is 40.8 Å². The summed E-state index contributed by atoms with van der Waals surface area (Å²) in [6, 6.07) is 7.66. The molecule has 0 saturated heterocycles. The molecule has 0 atom stereocenters. The molecule has 2 rings (SSSR count). The van der Waals surface area contributed by atoms with E-state index in [1.165, 1.54) is 6.26 Å². The van der Waals surface area contributed by atoms with Crippen LogP contribution >= 0.6 is 23.2 Å². The van der Waals surface area contributed by atoms with Crippen LogP contribution in [-0.4, -0.2) is 6.03 Å². The van der Waals surface area contributed by atoms with E-state index in [1.807, 2.05) is 0 Å². The van der Waals surface area contributed by atoms with Crippen molar-refractivity contribution in [3.05, 3.63) is 46.6 Å². The van der Waals surface area contributed by atoms with Crippen LogP contribution < -0.4 is 10.6 Å². The largest absolute Gasteiger partial charge is 0.449 e. The summed E-state index contributed by atoms with van der Waals surface area (Å²) < 4.78 is 4.97. The number of carbonyl (C=O) groups is 1. The van der Waals surface area contributed by atoms with Crippen molar-refractivity contribution in [2.75, 3.05) is 10.6 Å². The monoisotopic (exact) mass is 270 g/mol. The lowest BCUT2D eigenvalue weighted by atomic mass is 10.3. The zero-order valence-corrected chi connectivity index (χ0v) is 10.0. The van der Waals surface area contributed by atoms with Gasteiger partial charge in [0, 0.05) is 11.1 Å². The van der Waals surface area contributed by atoms with E-state index in [1.54, 1.807) is 30.3 Å². The van der Waals surface area contributed by atoms with Crippen LogP contribution in [0.5, 0.6) is 0 Å². The SMILES string of the molecule is O=C(Nc1ccco1)Nc1ccc(Cl)cc1Cl. The van der Waals surface area contributed by atoms with Gasteiger partial charge in [0.1, 0.15) is 0 Å². The standard InChI is InChI=1S/C11H8Cl2N2O2/c12-7-3-4-9(8(13)6-7)14-11(16)15-10-2-1-5-17-10/h1-6H,(H2,14,15,16). The highest BCUT2D eigenvalue weighted by molar-refractivity contribution is 6.36. The number of hydrogen-bond acceptors (Lipinski definition) is 2. The molecular formula is C11H8Cl2N2O2. The van der Waals surface area contributed by atoms with E-state index in [2.05, 4.69) is 10.6 Å². The van der Waals surface area contributed by atoms with Crippen LogP contribution in [0.3, 0.4) is 0 Å². The molecule has 6 heteroatoms. The van der Waals surface area contributed by atoms with Gasteiger partial charge in [-0.15, -0.1) is 0 Å². The smallest absolute Gasteiger partial charge is 0.326 e. The fourth-order valence-electron chi connectivity index (χ4n) is 1.21. The molecule has 4 nitrogen and oxygen atoms in total. The minimum Gasteiger partial charge on any atom is -0.449 e. The third kappa shape index (κ3) is 3.15. The lowest BCUT2D eigenvalue weighted by molar-refractivity contribution is 0.261. The molecule has 1 heterocycles. The molecule has 0 aliphatic rings. The van der Waals surface area contributed by atoms with Crippen LogP contribution in [0.4, 0.5) is 16.4 Å². The molecule has 0 fully saturated rings. The van der Waals surface area contributed by atoms with Crippen molar-refractivity contribution in [2.24, 2.45) is 0 Å². The molecule has 2 aromatic rings. The molecular weight excluding hydrogens is 263 g/mol. The fraction of sp³-hybridized carbons (Fsp3) is 0. The molecule has 0 bridgehead atoms. The first-order valence-corrected chi connectivity index (χ1v) is 5.47. The Hall–Kier alpha value is -1.65. The Morgan fingerprint density at radius 3 is 2.65 bits per heavy atom. The number of nitrogens with one attached hydrogen (secondary N) is 2. The van der Waals surface area contributed by atoms with Gasteiger partial charge in [0.2, 0.25) is 5.88 Å². The van der Waals surface area contributed by atoms with Crippen molar-refractivity contribution < 1.29 is 9.21 Å². The maximum absolute atomic E-state index is 11.5. The molecule has 17 heavy (non-hydrogen) atoms. The Kier molecular flexibility index (Phi) is 3.56. The van der Waals surface area contributed by atoms with E-state index in [4.69, 9.17) is 27.6 Å². The first kappa shape index (κ1) is 11.8. The first-order valence-electron chi connectivity index (χ1n) is 4.72. The number of urea groups is 1. The Bertz CT molecular complexity index is 526. The maximum Gasteiger partial charge on any atom is 0.326 e. The number of benzene rings is 1. The van der Waals surface area contributed by atoms with Crippen molar-refractivity contribution in [3.63, 3.8) is 0 Å². The van der Waals surface area contributed by atoms with E-state index in [9.17, 15) is 4.79 Å². The summed E-state index contributed by atoms with van der Waals surface area (Å²) in [7, 11) is 0. The minimum absolute atomic E-state index is 0.354. The second-order valence-electron chi connectivity index (χ2n) is 3.18. The molecule has 2 amide bonds. The Morgan fingerprint density at radius 1 is 1.18 bits per heavy atom. The normalized spacial score (nSPS) is 10.0.